The van der Waals surface area contributed by atoms with Crippen LogP contribution in [0, 0.1) is 5.92 Å². The Hall–Kier alpha value is -1.59. The fourth-order valence-corrected chi connectivity index (χ4v) is 3.28. The van der Waals surface area contributed by atoms with Crippen molar-refractivity contribution in [2.75, 3.05) is 40.4 Å². The Balaban J connectivity index is 1.93. The molecule has 134 valence electrons. The van der Waals surface area contributed by atoms with E-state index in [0.29, 0.717) is 18.6 Å². The van der Waals surface area contributed by atoms with Gasteiger partial charge in [0.1, 0.15) is 0 Å². The number of benzene rings is 1. The van der Waals surface area contributed by atoms with Crippen LogP contribution in [0.1, 0.15) is 25.0 Å². The second-order valence-corrected chi connectivity index (χ2v) is 6.67. The van der Waals surface area contributed by atoms with Crippen LogP contribution in [0.25, 0.3) is 0 Å². The molecular formula is C19H32N4O. The quantitative estimate of drug-likeness (QED) is 0.455. The first-order valence-corrected chi connectivity index (χ1v) is 8.90. The summed E-state index contributed by atoms with van der Waals surface area (Å²) >= 11 is 0. The second kappa shape index (κ2) is 9.64. The van der Waals surface area contributed by atoms with Crippen molar-refractivity contribution in [2.24, 2.45) is 10.9 Å². The lowest BCUT2D eigenvalue weighted by Crippen LogP contribution is -2.51. The molecule has 0 aromatic heterocycles. The molecule has 0 aliphatic carbocycles. The first-order valence-electron chi connectivity index (χ1n) is 8.90. The maximum atomic E-state index is 5.08. The van der Waals surface area contributed by atoms with Gasteiger partial charge in [-0.3, -0.25) is 9.89 Å². The summed E-state index contributed by atoms with van der Waals surface area (Å²) in [5, 5.41) is 6.75. The number of hydrogen-bond acceptors (Lipinski definition) is 3. The van der Waals surface area contributed by atoms with E-state index in [-0.39, 0.29) is 0 Å². The van der Waals surface area contributed by atoms with Crippen LogP contribution in [-0.4, -0.2) is 57.3 Å². The minimum absolute atomic E-state index is 0.485. The summed E-state index contributed by atoms with van der Waals surface area (Å²) < 4.78 is 5.08. The Bertz CT molecular complexity index is 530. The molecule has 1 aromatic carbocycles. The molecule has 1 unspecified atom stereocenters. The van der Waals surface area contributed by atoms with Crippen LogP contribution in [0.2, 0.25) is 0 Å². The van der Waals surface area contributed by atoms with Gasteiger partial charge in [-0.15, -0.1) is 0 Å². The average Bonchev–Trinajstić information content (AvgIpc) is 2.60. The topological polar surface area (TPSA) is 48.9 Å². The lowest BCUT2D eigenvalue weighted by atomic mass is 9.95. The van der Waals surface area contributed by atoms with E-state index >= 15 is 0 Å². The van der Waals surface area contributed by atoms with Crippen molar-refractivity contribution in [1.82, 2.24) is 15.5 Å². The van der Waals surface area contributed by atoms with Gasteiger partial charge in [0.2, 0.25) is 0 Å². The predicted molar refractivity (Wildman–Crippen MR) is 100 cm³/mol. The normalized spacial score (nSPS) is 16.8. The van der Waals surface area contributed by atoms with Crippen molar-refractivity contribution >= 4 is 5.96 Å². The van der Waals surface area contributed by atoms with Crippen LogP contribution in [0.3, 0.4) is 0 Å². The molecule has 24 heavy (non-hydrogen) atoms. The first kappa shape index (κ1) is 18.7. The van der Waals surface area contributed by atoms with E-state index in [1.165, 1.54) is 11.1 Å². The number of methoxy groups -OCH3 is 1. The summed E-state index contributed by atoms with van der Waals surface area (Å²) in [5.74, 6) is 1.43. The lowest BCUT2D eigenvalue weighted by Gasteiger charge is -2.38. The highest BCUT2D eigenvalue weighted by Crippen LogP contribution is 2.22. The monoisotopic (exact) mass is 332 g/mol. The molecule has 2 N–H and O–H groups in total. The van der Waals surface area contributed by atoms with Gasteiger partial charge in [-0.25, -0.2) is 0 Å². The van der Waals surface area contributed by atoms with Gasteiger partial charge in [0, 0.05) is 46.4 Å². The van der Waals surface area contributed by atoms with E-state index < -0.39 is 0 Å². The summed E-state index contributed by atoms with van der Waals surface area (Å²) in [6.07, 6.45) is 1.14. The highest BCUT2D eigenvalue weighted by Gasteiger charge is 2.25. The third-order valence-electron chi connectivity index (χ3n) is 4.70. The fourth-order valence-electron chi connectivity index (χ4n) is 3.28. The molecule has 2 rings (SSSR count). The summed E-state index contributed by atoms with van der Waals surface area (Å²) in [6.45, 7) is 9.10. The van der Waals surface area contributed by atoms with Crippen LogP contribution in [0.5, 0.6) is 0 Å². The van der Waals surface area contributed by atoms with Crippen molar-refractivity contribution < 1.29 is 4.74 Å². The van der Waals surface area contributed by atoms with E-state index in [1.54, 1.807) is 7.11 Å². The van der Waals surface area contributed by atoms with E-state index in [1.807, 2.05) is 7.05 Å². The number of rotatable bonds is 7. The SMILES string of the molecule is CN=C(NCCOC)NCC(C(C)C)N1CCc2ccccc2C1. The van der Waals surface area contributed by atoms with Crippen molar-refractivity contribution in [3.8, 4) is 0 Å². The van der Waals surface area contributed by atoms with Gasteiger partial charge in [0.25, 0.3) is 0 Å². The number of hydrogen-bond donors (Lipinski definition) is 2. The molecule has 0 spiro atoms. The standard InChI is InChI=1S/C19H32N4O/c1-15(2)18(13-22-19(20-3)21-10-12-24-4)23-11-9-16-7-5-6-8-17(16)14-23/h5-8,15,18H,9-14H2,1-4H3,(H2,20,21,22). The van der Waals surface area contributed by atoms with E-state index in [4.69, 9.17) is 4.74 Å². The van der Waals surface area contributed by atoms with Crippen molar-refractivity contribution in [3.05, 3.63) is 35.4 Å². The number of aliphatic imine (C=N–C) groups is 1. The molecular weight excluding hydrogens is 300 g/mol. The Labute approximate surface area is 146 Å². The maximum absolute atomic E-state index is 5.08. The van der Waals surface area contributed by atoms with Crippen LogP contribution < -0.4 is 10.6 Å². The van der Waals surface area contributed by atoms with Gasteiger partial charge in [0.15, 0.2) is 5.96 Å². The van der Waals surface area contributed by atoms with Gasteiger partial charge in [-0.1, -0.05) is 38.1 Å². The highest BCUT2D eigenvalue weighted by molar-refractivity contribution is 5.79. The summed E-state index contributed by atoms with van der Waals surface area (Å²) in [6, 6.07) is 9.30. The van der Waals surface area contributed by atoms with Crippen molar-refractivity contribution in [2.45, 2.75) is 32.9 Å². The number of guanidine groups is 1. The van der Waals surface area contributed by atoms with E-state index in [0.717, 1.165) is 38.6 Å². The highest BCUT2D eigenvalue weighted by atomic mass is 16.5. The number of ether oxygens (including phenoxy) is 1. The summed E-state index contributed by atoms with van der Waals surface area (Å²) in [4.78, 5) is 6.89. The Morgan fingerprint density at radius 1 is 1.25 bits per heavy atom. The zero-order chi connectivity index (χ0) is 17.4. The average molecular weight is 332 g/mol. The predicted octanol–water partition coefficient (Wildman–Crippen LogP) is 1.88. The van der Waals surface area contributed by atoms with E-state index in [2.05, 4.69) is 58.6 Å². The molecule has 1 heterocycles. The smallest absolute Gasteiger partial charge is 0.191 e. The molecule has 1 atom stereocenters. The van der Waals surface area contributed by atoms with Crippen molar-refractivity contribution in [1.29, 1.82) is 0 Å². The summed E-state index contributed by atoms with van der Waals surface area (Å²) in [5.41, 5.74) is 2.97. The molecule has 1 aliphatic rings. The van der Waals surface area contributed by atoms with Crippen LogP contribution in [0.15, 0.2) is 29.3 Å². The molecule has 0 amide bonds. The van der Waals surface area contributed by atoms with Gasteiger partial charge in [0.05, 0.1) is 6.61 Å². The number of nitrogens with one attached hydrogen (secondary N) is 2. The molecule has 0 saturated heterocycles. The molecule has 0 radical (unpaired) electrons. The molecule has 0 saturated carbocycles. The van der Waals surface area contributed by atoms with Crippen LogP contribution in [-0.2, 0) is 17.7 Å². The van der Waals surface area contributed by atoms with Crippen LogP contribution in [0.4, 0.5) is 0 Å². The minimum atomic E-state index is 0.485. The van der Waals surface area contributed by atoms with Crippen LogP contribution >= 0.6 is 0 Å². The first-order chi connectivity index (χ1) is 11.7. The molecule has 1 aromatic rings. The molecule has 0 fully saturated rings. The molecule has 1 aliphatic heterocycles. The number of fused-ring (bicyclic) bond motifs is 1. The molecule has 0 bridgehead atoms. The third-order valence-corrected chi connectivity index (χ3v) is 4.70. The minimum Gasteiger partial charge on any atom is -0.383 e. The summed E-state index contributed by atoms with van der Waals surface area (Å²) in [7, 11) is 3.52. The Morgan fingerprint density at radius 2 is 2.00 bits per heavy atom. The molecule has 5 heteroatoms. The van der Waals surface area contributed by atoms with Crippen molar-refractivity contribution in [3.63, 3.8) is 0 Å². The molecule has 5 nitrogen and oxygen atoms in total. The zero-order valence-corrected chi connectivity index (χ0v) is 15.5. The largest absolute Gasteiger partial charge is 0.383 e. The Kier molecular flexibility index (Phi) is 7.53. The maximum Gasteiger partial charge on any atom is 0.191 e. The second-order valence-electron chi connectivity index (χ2n) is 6.67. The van der Waals surface area contributed by atoms with Gasteiger partial charge in [-0.05, 0) is 23.5 Å². The van der Waals surface area contributed by atoms with Gasteiger partial charge < -0.3 is 15.4 Å². The third kappa shape index (κ3) is 5.21. The Morgan fingerprint density at radius 3 is 2.67 bits per heavy atom. The fraction of sp³-hybridized carbons (Fsp3) is 0.632. The van der Waals surface area contributed by atoms with E-state index in [9.17, 15) is 0 Å². The lowest BCUT2D eigenvalue weighted by molar-refractivity contribution is 0.140. The number of nitrogens with zero attached hydrogens (tertiary/aromatic N) is 2. The van der Waals surface area contributed by atoms with Gasteiger partial charge in [-0.2, -0.15) is 0 Å². The van der Waals surface area contributed by atoms with Gasteiger partial charge >= 0.3 is 0 Å². The zero-order valence-electron chi connectivity index (χ0n) is 15.5.